The maximum Gasteiger partial charge on any atom is 0.325 e. The first kappa shape index (κ1) is 11.6. The lowest BCUT2D eigenvalue weighted by Crippen LogP contribution is -2.39. The van der Waals surface area contributed by atoms with Crippen molar-refractivity contribution in [2.45, 2.75) is 31.7 Å². The van der Waals surface area contributed by atoms with Gasteiger partial charge >= 0.3 is 5.97 Å². The molecule has 1 heterocycles. The van der Waals surface area contributed by atoms with Crippen molar-refractivity contribution >= 4 is 11.9 Å². The molecule has 92 valence electrons. The molecule has 1 aromatic rings. The van der Waals surface area contributed by atoms with E-state index in [1.54, 1.807) is 13.1 Å². The van der Waals surface area contributed by atoms with Crippen molar-refractivity contribution in [3.63, 3.8) is 0 Å². The van der Waals surface area contributed by atoms with Gasteiger partial charge in [-0.15, -0.1) is 0 Å². The molecule has 1 amide bonds. The van der Waals surface area contributed by atoms with Crippen LogP contribution in [0, 0.1) is 0 Å². The van der Waals surface area contributed by atoms with Gasteiger partial charge in [0.2, 0.25) is 0 Å². The molecule has 1 aliphatic carbocycles. The smallest absolute Gasteiger partial charge is 0.325 e. The molecule has 0 spiro atoms. The number of aryl methyl sites for hydroxylation is 1. The van der Waals surface area contributed by atoms with E-state index in [4.69, 9.17) is 5.11 Å². The Bertz CT molecular complexity index is 463. The van der Waals surface area contributed by atoms with Crippen LogP contribution in [-0.4, -0.2) is 32.8 Å². The lowest BCUT2D eigenvalue weighted by atomic mass is 10.2. The molecule has 6 heteroatoms. The van der Waals surface area contributed by atoms with Crippen molar-refractivity contribution < 1.29 is 14.7 Å². The Labute approximate surface area is 98.6 Å². The van der Waals surface area contributed by atoms with Crippen molar-refractivity contribution in [2.24, 2.45) is 7.05 Å². The Morgan fingerprint density at radius 3 is 2.76 bits per heavy atom. The van der Waals surface area contributed by atoms with Crippen LogP contribution >= 0.6 is 0 Å². The van der Waals surface area contributed by atoms with Crippen molar-refractivity contribution in [1.29, 1.82) is 0 Å². The van der Waals surface area contributed by atoms with Gasteiger partial charge in [0.1, 0.15) is 11.7 Å². The number of nitrogens with zero attached hydrogens (tertiary/aromatic N) is 2. The van der Waals surface area contributed by atoms with Crippen molar-refractivity contribution in [1.82, 2.24) is 15.1 Å². The Kier molecular flexibility index (Phi) is 2.87. The van der Waals surface area contributed by atoms with E-state index >= 15 is 0 Å². The zero-order valence-corrected chi connectivity index (χ0v) is 9.80. The highest BCUT2D eigenvalue weighted by molar-refractivity contribution is 5.95. The van der Waals surface area contributed by atoms with Gasteiger partial charge in [0, 0.05) is 13.0 Å². The molecular formula is C11H15N3O3. The van der Waals surface area contributed by atoms with Crippen LogP contribution in [0.3, 0.4) is 0 Å². The number of hydrogen-bond acceptors (Lipinski definition) is 3. The van der Waals surface area contributed by atoms with Crippen LogP contribution in [0.25, 0.3) is 0 Å². The largest absolute Gasteiger partial charge is 0.480 e. The van der Waals surface area contributed by atoms with Crippen LogP contribution in [0.2, 0.25) is 0 Å². The molecule has 0 saturated heterocycles. The van der Waals surface area contributed by atoms with E-state index < -0.39 is 17.9 Å². The van der Waals surface area contributed by atoms with Gasteiger partial charge in [-0.2, -0.15) is 5.10 Å². The van der Waals surface area contributed by atoms with Gasteiger partial charge in [0.15, 0.2) is 0 Å². The van der Waals surface area contributed by atoms with Gasteiger partial charge < -0.3 is 10.4 Å². The summed E-state index contributed by atoms with van der Waals surface area (Å²) in [6, 6.07) is 0.837. The fourth-order valence-corrected chi connectivity index (χ4v) is 1.61. The lowest BCUT2D eigenvalue weighted by molar-refractivity contribution is -0.138. The van der Waals surface area contributed by atoms with Gasteiger partial charge in [-0.05, 0) is 25.8 Å². The zero-order chi connectivity index (χ0) is 12.6. The number of hydrogen-bond donors (Lipinski definition) is 2. The average molecular weight is 237 g/mol. The summed E-state index contributed by atoms with van der Waals surface area (Å²) in [6.45, 7) is 1.43. The summed E-state index contributed by atoms with van der Waals surface area (Å²) < 4.78 is 1.50. The molecule has 1 aromatic heterocycles. The summed E-state index contributed by atoms with van der Waals surface area (Å²) in [6.07, 6.45) is 2.23. The highest BCUT2D eigenvalue weighted by Crippen LogP contribution is 2.39. The number of aromatic nitrogens is 2. The van der Waals surface area contributed by atoms with Crippen LogP contribution in [0.1, 0.15) is 41.9 Å². The monoisotopic (exact) mass is 237 g/mol. The van der Waals surface area contributed by atoms with E-state index in [1.807, 2.05) is 0 Å². The summed E-state index contributed by atoms with van der Waals surface area (Å²) in [7, 11) is 1.69. The minimum absolute atomic E-state index is 0.401. The Morgan fingerprint density at radius 2 is 2.24 bits per heavy atom. The number of carbonyl (C=O) groups is 2. The van der Waals surface area contributed by atoms with E-state index in [0.717, 1.165) is 18.5 Å². The quantitative estimate of drug-likeness (QED) is 0.798. The third kappa shape index (κ3) is 2.46. The van der Waals surface area contributed by atoms with Crippen LogP contribution in [0.5, 0.6) is 0 Å². The second-order valence-corrected chi connectivity index (χ2v) is 4.39. The number of rotatable bonds is 4. The van der Waals surface area contributed by atoms with Gasteiger partial charge in [-0.1, -0.05) is 0 Å². The zero-order valence-electron chi connectivity index (χ0n) is 9.80. The normalized spacial score (nSPS) is 16.6. The Balaban J connectivity index is 2.10. The van der Waals surface area contributed by atoms with E-state index in [2.05, 4.69) is 10.4 Å². The average Bonchev–Trinajstić information content (AvgIpc) is 3.02. The SMILES string of the molecule is CC(NC(=O)c1cc(C2CC2)nn1C)C(=O)O. The second kappa shape index (κ2) is 4.20. The minimum atomic E-state index is -1.05. The van der Waals surface area contributed by atoms with Crippen molar-refractivity contribution in [3.8, 4) is 0 Å². The van der Waals surface area contributed by atoms with Gasteiger partial charge in [0.25, 0.3) is 5.91 Å². The molecule has 17 heavy (non-hydrogen) atoms. The fraction of sp³-hybridized carbons (Fsp3) is 0.545. The number of aliphatic carboxylic acids is 1. The summed E-state index contributed by atoms with van der Waals surface area (Å²) in [4.78, 5) is 22.4. The first-order valence-corrected chi connectivity index (χ1v) is 5.56. The molecule has 0 radical (unpaired) electrons. The van der Waals surface area contributed by atoms with Crippen LogP contribution < -0.4 is 5.32 Å². The highest BCUT2D eigenvalue weighted by atomic mass is 16.4. The van der Waals surface area contributed by atoms with Gasteiger partial charge in [-0.25, -0.2) is 0 Å². The Hall–Kier alpha value is -1.85. The first-order valence-electron chi connectivity index (χ1n) is 5.56. The number of carbonyl (C=O) groups excluding carboxylic acids is 1. The Morgan fingerprint density at radius 1 is 1.59 bits per heavy atom. The standard InChI is InChI=1S/C11H15N3O3/c1-6(11(16)17)12-10(15)9-5-8(7-3-4-7)13-14(9)2/h5-7H,3-4H2,1-2H3,(H,12,15)(H,16,17). The van der Waals surface area contributed by atoms with Crippen LogP contribution in [0.15, 0.2) is 6.07 Å². The molecule has 1 saturated carbocycles. The number of nitrogens with one attached hydrogen (secondary N) is 1. The summed E-state index contributed by atoms with van der Waals surface area (Å²) in [5.41, 5.74) is 1.32. The molecule has 1 unspecified atom stereocenters. The molecule has 2 rings (SSSR count). The predicted molar refractivity (Wildman–Crippen MR) is 59.7 cm³/mol. The maximum absolute atomic E-state index is 11.8. The molecule has 0 bridgehead atoms. The topological polar surface area (TPSA) is 84.2 Å². The van der Waals surface area contributed by atoms with E-state index in [0.29, 0.717) is 11.6 Å². The molecule has 0 aromatic carbocycles. The maximum atomic E-state index is 11.8. The minimum Gasteiger partial charge on any atom is -0.480 e. The fourth-order valence-electron chi connectivity index (χ4n) is 1.61. The molecule has 1 aliphatic rings. The molecule has 6 nitrogen and oxygen atoms in total. The molecule has 0 aliphatic heterocycles. The van der Waals surface area contributed by atoms with Crippen molar-refractivity contribution in [2.75, 3.05) is 0 Å². The number of carboxylic acids is 1. The highest BCUT2D eigenvalue weighted by Gasteiger charge is 2.28. The van der Waals surface area contributed by atoms with E-state index in [9.17, 15) is 9.59 Å². The lowest BCUT2D eigenvalue weighted by Gasteiger charge is -2.08. The first-order chi connectivity index (χ1) is 7.99. The van der Waals surface area contributed by atoms with Gasteiger partial charge in [-0.3, -0.25) is 14.3 Å². The third-order valence-corrected chi connectivity index (χ3v) is 2.85. The van der Waals surface area contributed by atoms with Crippen molar-refractivity contribution in [3.05, 3.63) is 17.5 Å². The molecular weight excluding hydrogens is 222 g/mol. The van der Waals surface area contributed by atoms with Gasteiger partial charge in [0.05, 0.1) is 5.69 Å². The molecule has 1 fully saturated rings. The van der Waals surface area contributed by atoms with Crippen LogP contribution in [0.4, 0.5) is 0 Å². The van der Waals surface area contributed by atoms with E-state index in [-0.39, 0.29) is 0 Å². The van der Waals surface area contributed by atoms with Crippen LogP contribution in [-0.2, 0) is 11.8 Å². The number of amides is 1. The molecule has 2 N–H and O–H groups in total. The second-order valence-electron chi connectivity index (χ2n) is 4.39. The van der Waals surface area contributed by atoms with E-state index in [1.165, 1.54) is 11.6 Å². The summed E-state index contributed by atoms with van der Waals surface area (Å²) in [5.74, 6) is -0.982. The summed E-state index contributed by atoms with van der Waals surface area (Å²) in [5, 5.41) is 15.4. The number of carboxylic acid groups (broad SMARTS) is 1. The third-order valence-electron chi connectivity index (χ3n) is 2.85. The molecule has 1 atom stereocenters. The predicted octanol–water partition coefficient (Wildman–Crippen LogP) is 0.500. The summed E-state index contributed by atoms with van der Waals surface area (Å²) >= 11 is 0.